The molecule has 1 aliphatic heterocycles. The van der Waals surface area contributed by atoms with Crippen molar-refractivity contribution in [1.29, 1.82) is 0 Å². The van der Waals surface area contributed by atoms with Crippen LogP contribution >= 0.6 is 0 Å². The minimum Gasteiger partial charge on any atom is -0.346 e. The van der Waals surface area contributed by atoms with Crippen LogP contribution in [0.5, 0.6) is 0 Å². The maximum atomic E-state index is 12.3. The molecule has 0 unspecified atom stereocenters. The van der Waals surface area contributed by atoms with Crippen LogP contribution in [-0.4, -0.2) is 30.6 Å². The van der Waals surface area contributed by atoms with Crippen LogP contribution in [0.2, 0.25) is 0 Å². The van der Waals surface area contributed by atoms with Crippen molar-refractivity contribution < 1.29 is 4.79 Å². The van der Waals surface area contributed by atoms with Gasteiger partial charge in [-0.25, -0.2) is 4.98 Å². The van der Waals surface area contributed by atoms with Crippen LogP contribution in [0.3, 0.4) is 0 Å². The largest absolute Gasteiger partial charge is 0.346 e. The third kappa shape index (κ3) is 2.52. The van der Waals surface area contributed by atoms with Gasteiger partial charge in [-0.3, -0.25) is 14.5 Å². The van der Waals surface area contributed by atoms with E-state index in [0.717, 1.165) is 46.3 Å². The van der Waals surface area contributed by atoms with Crippen LogP contribution in [-0.2, 0) is 18.3 Å². The van der Waals surface area contributed by atoms with E-state index in [1.165, 1.54) is 0 Å². The van der Waals surface area contributed by atoms with Crippen molar-refractivity contribution in [3.63, 3.8) is 0 Å². The van der Waals surface area contributed by atoms with Gasteiger partial charge in [0.15, 0.2) is 0 Å². The number of nitrogens with one attached hydrogen (secondary N) is 2. The first-order valence-corrected chi connectivity index (χ1v) is 8.41. The lowest BCUT2D eigenvalue weighted by Gasteiger charge is -2.23. The normalized spacial score (nSPS) is 16.6. The molecule has 0 spiro atoms. The second-order valence-corrected chi connectivity index (χ2v) is 6.33. The molecule has 128 valence electrons. The summed E-state index contributed by atoms with van der Waals surface area (Å²) >= 11 is 0. The first-order chi connectivity index (χ1) is 12.1. The number of amides is 1. The number of imidazole rings is 1. The van der Waals surface area contributed by atoms with E-state index in [9.17, 15) is 4.79 Å². The highest BCUT2D eigenvalue weighted by Crippen LogP contribution is 2.42. The molecule has 0 aliphatic carbocycles. The quantitative estimate of drug-likeness (QED) is 0.769. The summed E-state index contributed by atoms with van der Waals surface area (Å²) < 4.78 is 1.73. The molecular formula is C18H20N6O. The molecule has 1 atom stereocenters. The van der Waals surface area contributed by atoms with Crippen LogP contribution in [0, 0.1) is 6.92 Å². The monoisotopic (exact) mass is 336 g/mol. The Morgan fingerprint density at radius 3 is 2.92 bits per heavy atom. The molecule has 3 aromatic rings. The number of anilines is 1. The molecule has 4 rings (SSSR count). The topological polar surface area (TPSA) is 88.5 Å². The molecule has 3 aromatic heterocycles. The summed E-state index contributed by atoms with van der Waals surface area (Å²) in [6.07, 6.45) is 4.73. The maximum Gasteiger partial charge on any atom is 0.226 e. The van der Waals surface area contributed by atoms with Gasteiger partial charge in [0, 0.05) is 55.0 Å². The van der Waals surface area contributed by atoms with E-state index in [0.29, 0.717) is 6.42 Å². The van der Waals surface area contributed by atoms with Crippen molar-refractivity contribution in [3.8, 4) is 11.3 Å². The third-order valence-corrected chi connectivity index (χ3v) is 4.65. The van der Waals surface area contributed by atoms with E-state index < -0.39 is 0 Å². The van der Waals surface area contributed by atoms with Gasteiger partial charge in [0.2, 0.25) is 5.91 Å². The fourth-order valence-electron chi connectivity index (χ4n) is 3.48. The standard InChI is InChI=1S/C18H20N6O/c1-4-13-20-10(2)16(21-13)12-8-14(25)22-18-15(12)17(23-24(18)3)11-6-5-7-19-9-11/h5-7,9,12H,4,8H2,1-3H3,(H,20,21)(H,22,25)/t12-/m1/s1. The zero-order valence-corrected chi connectivity index (χ0v) is 14.5. The first kappa shape index (κ1) is 15.6. The smallest absolute Gasteiger partial charge is 0.226 e. The van der Waals surface area contributed by atoms with Gasteiger partial charge in [-0.2, -0.15) is 5.10 Å². The van der Waals surface area contributed by atoms with E-state index >= 15 is 0 Å². The van der Waals surface area contributed by atoms with E-state index in [4.69, 9.17) is 4.98 Å². The van der Waals surface area contributed by atoms with Crippen molar-refractivity contribution in [2.45, 2.75) is 32.6 Å². The maximum absolute atomic E-state index is 12.3. The Hall–Kier alpha value is -2.96. The van der Waals surface area contributed by atoms with Gasteiger partial charge in [0.1, 0.15) is 11.6 Å². The van der Waals surface area contributed by atoms with Gasteiger partial charge in [-0.1, -0.05) is 6.92 Å². The predicted molar refractivity (Wildman–Crippen MR) is 94.2 cm³/mol. The fourth-order valence-corrected chi connectivity index (χ4v) is 3.48. The molecule has 0 bridgehead atoms. The van der Waals surface area contributed by atoms with Crippen molar-refractivity contribution in [2.75, 3.05) is 5.32 Å². The highest BCUT2D eigenvalue weighted by molar-refractivity contribution is 5.96. The Labute approximate surface area is 145 Å². The summed E-state index contributed by atoms with van der Waals surface area (Å²) in [5.41, 5.74) is 4.71. The van der Waals surface area contributed by atoms with Gasteiger partial charge in [-0.15, -0.1) is 0 Å². The summed E-state index contributed by atoms with van der Waals surface area (Å²) in [6, 6.07) is 3.87. The summed E-state index contributed by atoms with van der Waals surface area (Å²) in [4.78, 5) is 24.6. The highest BCUT2D eigenvalue weighted by atomic mass is 16.1. The lowest BCUT2D eigenvalue weighted by atomic mass is 9.87. The van der Waals surface area contributed by atoms with Gasteiger partial charge >= 0.3 is 0 Å². The Bertz CT molecular complexity index is 940. The van der Waals surface area contributed by atoms with E-state index in [-0.39, 0.29) is 11.8 Å². The van der Waals surface area contributed by atoms with Crippen LogP contribution in [0.4, 0.5) is 5.82 Å². The lowest BCUT2D eigenvalue weighted by Crippen LogP contribution is -2.25. The van der Waals surface area contributed by atoms with Crippen molar-refractivity contribution in [2.24, 2.45) is 7.05 Å². The van der Waals surface area contributed by atoms with Crippen molar-refractivity contribution in [3.05, 3.63) is 47.3 Å². The Balaban J connectivity index is 1.92. The number of aromatic amines is 1. The number of nitrogens with zero attached hydrogens (tertiary/aromatic N) is 4. The van der Waals surface area contributed by atoms with Crippen LogP contribution in [0.1, 0.15) is 42.0 Å². The van der Waals surface area contributed by atoms with Crippen molar-refractivity contribution >= 4 is 11.7 Å². The minimum absolute atomic E-state index is 0.0151. The molecule has 7 heteroatoms. The predicted octanol–water partition coefficient (Wildman–Crippen LogP) is 2.55. The second kappa shape index (κ2) is 5.84. The fraction of sp³-hybridized carbons (Fsp3) is 0.333. The minimum atomic E-state index is -0.121. The van der Waals surface area contributed by atoms with Crippen LogP contribution < -0.4 is 5.32 Å². The molecule has 2 N–H and O–H groups in total. The number of hydrogen-bond acceptors (Lipinski definition) is 4. The first-order valence-electron chi connectivity index (χ1n) is 8.41. The van der Waals surface area contributed by atoms with Gasteiger partial charge in [-0.05, 0) is 19.1 Å². The Morgan fingerprint density at radius 1 is 1.40 bits per heavy atom. The second-order valence-electron chi connectivity index (χ2n) is 6.33. The summed E-state index contributed by atoms with van der Waals surface area (Å²) in [5.74, 6) is 1.54. The number of pyridine rings is 1. The van der Waals surface area contributed by atoms with Crippen LogP contribution in [0.25, 0.3) is 11.3 Å². The number of hydrogen-bond donors (Lipinski definition) is 2. The molecule has 4 heterocycles. The number of carbonyl (C=O) groups excluding carboxylic acids is 1. The van der Waals surface area contributed by atoms with Crippen molar-refractivity contribution in [1.82, 2.24) is 24.7 Å². The molecule has 25 heavy (non-hydrogen) atoms. The Kier molecular flexibility index (Phi) is 3.63. The summed E-state index contributed by atoms with van der Waals surface area (Å²) in [7, 11) is 1.84. The molecule has 0 radical (unpaired) electrons. The summed E-state index contributed by atoms with van der Waals surface area (Å²) in [6.45, 7) is 4.07. The van der Waals surface area contributed by atoms with E-state index in [1.54, 1.807) is 17.1 Å². The summed E-state index contributed by atoms with van der Waals surface area (Å²) in [5, 5.41) is 7.61. The van der Waals surface area contributed by atoms with Gasteiger partial charge in [0.05, 0.1) is 11.4 Å². The van der Waals surface area contributed by atoms with Crippen LogP contribution in [0.15, 0.2) is 24.5 Å². The average Bonchev–Trinajstić information content (AvgIpc) is 3.15. The third-order valence-electron chi connectivity index (χ3n) is 4.65. The molecule has 0 saturated heterocycles. The van der Waals surface area contributed by atoms with E-state index in [1.807, 2.05) is 26.1 Å². The van der Waals surface area contributed by atoms with Gasteiger partial charge in [0.25, 0.3) is 0 Å². The number of aryl methyl sites for hydroxylation is 3. The zero-order chi connectivity index (χ0) is 17.6. The number of H-pyrrole nitrogens is 1. The molecular weight excluding hydrogens is 316 g/mol. The SMILES string of the molecule is CCc1nc([C@@H]2CC(=O)Nc3c2c(-c2cccnc2)nn3C)c(C)[nH]1. The lowest BCUT2D eigenvalue weighted by molar-refractivity contribution is -0.116. The number of carbonyl (C=O) groups is 1. The number of fused-ring (bicyclic) bond motifs is 1. The number of rotatable bonds is 3. The molecule has 7 nitrogen and oxygen atoms in total. The average molecular weight is 336 g/mol. The molecule has 1 amide bonds. The van der Waals surface area contributed by atoms with Gasteiger partial charge < -0.3 is 10.3 Å². The zero-order valence-electron chi connectivity index (χ0n) is 14.5. The molecule has 0 saturated carbocycles. The highest BCUT2D eigenvalue weighted by Gasteiger charge is 2.35. The molecule has 0 aromatic carbocycles. The number of aromatic nitrogens is 5. The molecule has 1 aliphatic rings. The molecule has 0 fully saturated rings. The van der Waals surface area contributed by atoms with E-state index in [2.05, 4.69) is 27.3 Å². The Morgan fingerprint density at radius 2 is 2.24 bits per heavy atom.